The van der Waals surface area contributed by atoms with Crippen molar-refractivity contribution in [1.82, 2.24) is 0 Å². The first-order valence-electron chi connectivity index (χ1n) is 2.82. The molecule has 1 aromatic rings. The van der Waals surface area contributed by atoms with Gasteiger partial charge < -0.3 is 4.42 Å². The van der Waals surface area contributed by atoms with Crippen LogP contribution in [0.15, 0.2) is 27.9 Å². The molecule has 1 rings (SSSR count). The molecule has 9 heavy (non-hydrogen) atoms. The second-order valence-corrected chi connectivity index (χ2v) is 6.85. The van der Waals surface area contributed by atoms with Gasteiger partial charge in [-0.25, -0.2) is 0 Å². The fourth-order valence-corrected chi connectivity index (χ4v) is 1.44. The Morgan fingerprint density at radius 3 is 2.22 bits per heavy atom. The Kier molecular flexibility index (Phi) is 1.58. The lowest BCUT2D eigenvalue weighted by Gasteiger charge is -2.20. The summed E-state index contributed by atoms with van der Waals surface area (Å²) in [6.45, 7) is 0. The third kappa shape index (κ3) is 1.52. The largest absolute Gasteiger partial charge is 0.460 e. The van der Waals surface area contributed by atoms with Gasteiger partial charge in [0.05, 0.1) is 6.26 Å². The van der Waals surface area contributed by atoms with Gasteiger partial charge in [-0.2, -0.15) is 10.0 Å². The second-order valence-electron chi connectivity index (χ2n) is 2.77. The molecular weight excluding hydrogens is 132 g/mol. The van der Waals surface area contributed by atoms with Crippen LogP contribution in [0.4, 0.5) is 0 Å². The van der Waals surface area contributed by atoms with Crippen LogP contribution in [0.5, 0.6) is 0 Å². The molecule has 52 valence electrons. The number of furan rings is 1. The molecule has 0 aromatic carbocycles. The van der Waals surface area contributed by atoms with Gasteiger partial charge in [0, 0.05) is 0 Å². The third-order valence-electron chi connectivity index (χ3n) is 1.10. The average molecular weight is 144 g/mol. The molecule has 1 aromatic heterocycles. The van der Waals surface area contributed by atoms with Crippen LogP contribution in [0.25, 0.3) is 0 Å². The topological polar surface area (TPSA) is 13.1 Å². The third-order valence-corrected chi connectivity index (χ3v) is 2.54. The monoisotopic (exact) mass is 144 g/mol. The molecule has 0 N–H and O–H groups in total. The molecule has 0 saturated carbocycles. The molecule has 0 radical (unpaired) electrons. The highest BCUT2D eigenvalue weighted by molar-refractivity contribution is 8.32. The summed E-state index contributed by atoms with van der Waals surface area (Å²) in [5.41, 5.74) is 0. The van der Waals surface area contributed by atoms with Crippen LogP contribution in [0.3, 0.4) is 0 Å². The zero-order valence-corrected chi connectivity index (χ0v) is 6.87. The van der Waals surface area contributed by atoms with E-state index in [1.165, 1.54) is 0 Å². The van der Waals surface area contributed by atoms with Crippen LogP contribution in [0.1, 0.15) is 0 Å². The summed E-state index contributed by atoms with van der Waals surface area (Å²) in [6, 6.07) is 3.98. The highest BCUT2D eigenvalue weighted by Crippen LogP contribution is 2.44. The van der Waals surface area contributed by atoms with Gasteiger partial charge in [-0.3, -0.25) is 0 Å². The quantitative estimate of drug-likeness (QED) is 0.589. The molecule has 0 amide bonds. The lowest BCUT2D eigenvalue weighted by atomic mass is 10.7. The standard InChI is InChI=1S/C7H12OS/c1-9(2,3)7-5-4-6-8-7/h4-6H,1-3H3. The first-order chi connectivity index (χ1) is 4.11. The van der Waals surface area contributed by atoms with Crippen molar-refractivity contribution in [3.63, 3.8) is 0 Å². The van der Waals surface area contributed by atoms with E-state index in [2.05, 4.69) is 18.8 Å². The van der Waals surface area contributed by atoms with Crippen molar-refractivity contribution in [1.29, 1.82) is 0 Å². The Labute approximate surface area is 57.4 Å². The maximum absolute atomic E-state index is 5.23. The zero-order valence-electron chi connectivity index (χ0n) is 6.05. The molecule has 1 heterocycles. The molecule has 2 heteroatoms. The van der Waals surface area contributed by atoms with E-state index in [4.69, 9.17) is 4.42 Å². The van der Waals surface area contributed by atoms with Gasteiger partial charge in [-0.05, 0) is 30.9 Å². The zero-order chi connectivity index (χ0) is 6.91. The Hall–Kier alpha value is -0.370. The van der Waals surface area contributed by atoms with Gasteiger partial charge in [0.15, 0.2) is 0 Å². The summed E-state index contributed by atoms with van der Waals surface area (Å²) in [5.74, 6) is 0. The molecule has 0 aliphatic rings. The molecule has 0 aliphatic carbocycles. The Bertz CT molecular complexity index is 171. The van der Waals surface area contributed by atoms with Gasteiger partial charge in [0.25, 0.3) is 0 Å². The van der Waals surface area contributed by atoms with Crippen molar-refractivity contribution in [3.05, 3.63) is 18.4 Å². The minimum absolute atomic E-state index is 0.626. The Morgan fingerprint density at radius 1 is 1.33 bits per heavy atom. The first-order valence-corrected chi connectivity index (χ1v) is 5.68. The van der Waals surface area contributed by atoms with Gasteiger partial charge in [-0.15, -0.1) is 0 Å². The van der Waals surface area contributed by atoms with Crippen molar-refractivity contribution >= 4 is 10.0 Å². The van der Waals surface area contributed by atoms with Crippen LogP contribution in [0, 0.1) is 0 Å². The normalized spacial score (nSPS) is 13.7. The predicted molar refractivity (Wildman–Crippen MR) is 42.3 cm³/mol. The van der Waals surface area contributed by atoms with Gasteiger partial charge in [-0.1, -0.05) is 0 Å². The first kappa shape index (κ1) is 6.75. The number of rotatable bonds is 1. The number of hydrogen-bond acceptors (Lipinski definition) is 1. The SMILES string of the molecule is CS(C)(C)c1ccco1. The second kappa shape index (κ2) is 2.10. The van der Waals surface area contributed by atoms with Crippen molar-refractivity contribution in [2.24, 2.45) is 0 Å². The molecule has 0 saturated heterocycles. The molecule has 0 unspecified atom stereocenters. The predicted octanol–water partition coefficient (Wildman–Crippen LogP) is 2.33. The maximum atomic E-state index is 5.23. The van der Waals surface area contributed by atoms with Gasteiger partial charge in [0.1, 0.15) is 5.09 Å². The van der Waals surface area contributed by atoms with E-state index in [1.54, 1.807) is 6.26 Å². The highest BCUT2D eigenvalue weighted by Gasteiger charge is 2.08. The van der Waals surface area contributed by atoms with Crippen molar-refractivity contribution in [2.75, 3.05) is 18.8 Å². The average Bonchev–Trinajstić information content (AvgIpc) is 2.08. The summed E-state index contributed by atoms with van der Waals surface area (Å²) < 4.78 is 5.23. The van der Waals surface area contributed by atoms with Crippen LogP contribution >= 0.6 is 10.0 Å². The van der Waals surface area contributed by atoms with Crippen LogP contribution in [-0.2, 0) is 0 Å². The summed E-state index contributed by atoms with van der Waals surface area (Å²) in [4.78, 5) is 0. The van der Waals surface area contributed by atoms with E-state index in [9.17, 15) is 0 Å². The summed E-state index contributed by atoms with van der Waals surface area (Å²) in [7, 11) is -0.626. The summed E-state index contributed by atoms with van der Waals surface area (Å²) in [6.07, 6.45) is 8.37. The minimum atomic E-state index is -0.626. The molecule has 0 spiro atoms. The van der Waals surface area contributed by atoms with E-state index in [-0.39, 0.29) is 0 Å². The Balaban J connectivity index is 2.90. The van der Waals surface area contributed by atoms with Crippen molar-refractivity contribution < 1.29 is 4.42 Å². The summed E-state index contributed by atoms with van der Waals surface area (Å²) in [5, 5.41) is 1.13. The van der Waals surface area contributed by atoms with E-state index >= 15 is 0 Å². The lowest BCUT2D eigenvalue weighted by Crippen LogP contribution is -1.88. The fraction of sp³-hybridized carbons (Fsp3) is 0.429. The van der Waals surface area contributed by atoms with Crippen LogP contribution in [-0.4, -0.2) is 18.8 Å². The molecular formula is C7H12OS. The van der Waals surface area contributed by atoms with Crippen molar-refractivity contribution in [3.8, 4) is 0 Å². The minimum Gasteiger partial charge on any atom is -0.460 e. The lowest BCUT2D eigenvalue weighted by molar-refractivity contribution is 0.471. The molecule has 0 fully saturated rings. The number of hydrogen-bond donors (Lipinski definition) is 0. The van der Waals surface area contributed by atoms with Gasteiger partial charge in [0.2, 0.25) is 0 Å². The van der Waals surface area contributed by atoms with E-state index in [1.807, 2.05) is 12.1 Å². The fourth-order valence-electron chi connectivity index (χ4n) is 0.612. The van der Waals surface area contributed by atoms with Gasteiger partial charge >= 0.3 is 0 Å². The smallest absolute Gasteiger partial charge is 0.142 e. The molecule has 0 bridgehead atoms. The van der Waals surface area contributed by atoms with Crippen molar-refractivity contribution in [2.45, 2.75) is 5.09 Å². The van der Waals surface area contributed by atoms with E-state index in [0.29, 0.717) is 0 Å². The highest BCUT2D eigenvalue weighted by atomic mass is 32.3. The molecule has 0 aliphatic heterocycles. The van der Waals surface area contributed by atoms with E-state index in [0.717, 1.165) is 5.09 Å². The van der Waals surface area contributed by atoms with Crippen LogP contribution < -0.4 is 0 Å². The van der Waals surface area contributed by atoms with E-state index < -0.39 is 10.0 Å². The molecule has 1 nitrogen and oxygen atoms in total. The maximum Gasteiger partial charge on any atom is 0.142 e. The summed E-state index contributed by atoms with van der Waals surface area (Å²) >= 11 is 0. The Morgan fingerprint density at radius 2 is 2.00 bits per heavy atom. The molecule has 0 atom stereocenters. The van der Waals surface area contributed by atoms with Crippen LogP contribution in [0.2, 0.25) is 0 Å².